The van der Waals surface area contributed by atoms with Gasteiger partial charge in [-0.3, -0.25) is 9.52 Å². The molecule has 1 saturated heterocycles. The molecule has 0 radical (unpaired) electrons. The zero-order valence-corrected chi connectivity index (χ0v) is 22.6. The van der Waals surface area contributed by atoms with Crippen molar-refractivity contribution in [1.29, 1.82) is 0 Å². The number of halogens is 3. The smallest absolute Gasteiger partial charge is 0.490 e. The molecule has 2 aromatic rings. The number of carboxylic acids is 1. The van der Waals surface area contributed by atoms with Crippen molar-refractivity contribution in [2.45, 2.75) is 49.2 Å². The lowest BCUT2D eigenvalue weighted by molar-refractivity contribution is -0.192. The predicted octanol–water partition coefficient (Wildman–Crippen LogP) is 3.00. The van der Waals surface area contributed by atoms with Crippen molar-refractivity contribution in [3.63, 3.8) is 0 Å². The quantitative estimate of drug-likeness (QED) is 0.383. The Hall–Kier alpha value is -3.59. The molecule has 1 aliphatic heterocycles. The first kappa shape index (κ1) is 30.9. The second-order valence-corrected chi connectivity index (χ2v) is 10.9. The molecule has 4 N–H and O–H groups in total. The van der Waals surface area contributed by atoms with Gasteiger partial charge >= 0.3 is 12.1 Å². The molecule has 11 nitrogen and oxygen atoms in total. The number of carbonyl (C=O) groups is 2. The van der Waals surface area contributed by atoms with E-state index in [1.165, 1.54) is 31.9 Å². The molecule has 1 amide bonds. The zero-order valence-electron chi connectivity index (χ0n) is 21.8. The molecule has 40 heavy (non-hydrogen) atoms. The molecular weight excluding hydrogens is 555 g/mol. The molecule has 2 aliphatic rings. The molecule has 1 aromatic heterocycles. The van der Waals surface area contributed by atoms with Crippen molar-refractivity contribution in [2.24, 2.45) is 0 Å². The van der Waals surface area contributed by atoms with E-state index < -0.39 is 22.2 Å². The summed E-state index contributed by atoms with van der Waals surface area (Å²) in [5.41, 5.74) is 0.624. The van der Waals surface area contributed by atoms with Gasteiger partial charge in [-0.25, -0.2) is 18.2 Å². The highest BCUT2D eigenvalue weighted by Crippen LogP contribution is 2.26. The normalized spacial score (nSPS) is 16.4. The summed E-state index contributed by atoms with van der Waals surface area (Å²) in [7, 11) is -2.40. The summed E-state index contributed by atoms with van der Waals surface area (Å²) in [6.45, 7) is 3.06. The second kappa shape index (κ2) is 13.7. The first-order chi connectivity index (χ1) is 18.9. The van der Waals surface area contributed by atoms with E-state index in [4.69, 9.17) is 14.6 Å². The van der Waals surface area contributed by atoms with Crippen LogP contribution in [0.25, 0.3) is 0 Å². The van der Waals surface area contributed by atoms with E-state index in [9.17, 15) is 26.4 Å². The molecule has 2 fully saturated rings. The number of amides is 1. The Kier molecular flexibility index (Phi) is 10.6. The van der Waals surface area contributed by atoms with Crippen molar-refractivity contribution in [3.8, 4) is 5.75 Å². The molecule has 2 heterocycles. The largest absolute Gasteiger partial charge is 0.497 e. The molecule has 4 rings (SSSR count). The van der Waals surface area contributed by atoms with Gasteiger partial charge in [0, 0.05) is 38.3 Å². The molecule has 220 valence electrons. The molecule has 1 saturated carbocycles. The van der Waals surface area contributed by atoms with Gasteiger partial charge < -0.3 is 25.4 Å². The number of anilines is 2. The Morgan fingerprint density at radius 2 is 1.77 bits per heavy atom. The minimum atomic E-state index is -5.08. The predicted molar refractivity (Wildman–Crippen MR) is 141 cm³/mol. The van der Waals surface area contributed by atoms with E-state index in [-0.39, 0.29) is 22.5 Å². The second-order valence-electron chi connectivity index (χ2n) is 9.23. The van der Waals surface area contributed by atoms with Gasteiger partial charge in [-0.2, -0.15) is 13.2 Å². The van der Waals surface area contributed by atoms with Crippen LogP contribution in [0.3, 0.4) is 0 Å². The zero-order chi connectivity index (χ0) is 29.3. The highest BCUT2D eigenvalue weighted by atomic mass is 32.2. The van der Waals surface area contributed by atoms with Gasteiger partial charge in [0.2, 0.25) is 0 Å². The molecule has 15 heteroatoms. The maximum Gasteiger partial charge on any atom is 0.490 e. The Bertz CT molecular complexity index is 1280. The fourth-order valence-electron chi connectivity index (χ4n) is 4.30. The molecule has 0 atom stereocenters. The summed E-state index contributed by atoms with van der Waals surface area (Å²) >= 11 is 0. The van der Waals surface area contributed by atoms with E-state index in [1.807, 2.05) is 0 Å². The number of ether oxygens (including phenoxy) is 1. The van der Waals surface area contributed by atoms with Crippen molar-refractivity contribution >= 4 is 33.4 Å². The van der Waals surface area contributed by atoms with E-state index in [1.54, 1.807) is 18.2 Å². The number of sulfonamides is 1. The van der Waals surface area contributed by atoms with Crippen molar-refractivity contribution < 1.29 is 41.0 Å². The highest BCUT2D eigenvalue weighted by Gasteiger charge is 2.38. The number of hydrogen-bond donors (Lipinski definition) is 4. The number of piperazine rings is 1. The van der Waals surface area contributed by atoms with Crippen LogP contribution in [0.2, 0.25) is 0 Å². The molecule has 1 aromatic carbocycles. The van der Waals surface area contributed by atoms with E-state index in [2.05, 4.69) is 25.2 Å². The fraction of sp³-hybridized carbons (Fsp3) is 0.480. The summed E-state index contributed by atoms with van der Waals surface area (Å²) in [4.78, 5) is 28.8. The number of benzene rings is 1. The van der Waals surface area contributed by atoms with Crippen molar-refractivity contribution in [3.05, 3.63) is 42.1 Å². The van der Waals surface area contributed by atoms with Crippen molar-refractivity contribution in [1.82, 2.24) is 15.6 Å². The van der Waals surface area contributed by atoms with E-state index in [0.29, 0.717) is 17.1 Å². The van der Waals surface area contributed by atoms with Crippen LogP contribution in [0.5, 0.6) is 5.75 Å². The van der Waals surface area contributed by atoms with Crippen LogP contribution < -0.4 is 25.0 Å². The van der Waals surface area contributed by atoms with Crippen LogP contribution in [0, 0.1) is 0 Å². The summed E-state index contributed by atoms with van der Waals surface area (Å²) < 4.78 is 65.3. The summed E-state index contributed by atoms with van der Waals surface area (Å²) in [5.74, 6) is -1.95. The van der Waals surface area contributed by atoms with Gasteiger partial charge in [-0.1, -0.05) is 25.3 Å². The van der Waals surface area contributed by atoms with Gasteiger partial charge in [0.1, 0.15) is 11.6 Å². The lowest BCUT2D eigenvalue weighted by atomic mass is 9.95. The third-order valence-electron chi connectivity index (χ3n) is 6.31. The van der Waals surface area contributed by atoms with Crippen molar-refractivity contribution in [2.75, 3.05) is 42.9 Å². The summed E-state index contributed by atoms with van der Waals surface area (Å²) in [6.07, 6.45) is 1.71. The summed E-state index contributed by atoms with van der Waals surface area (Å²) in [6, 6.07) is 7.95. The third-order valence-corrected chi connectivity index (χ3v) is 7.69. The average Bonchev–Trinajstić information content (AvgIpc) is 2.93. The third kappa shape index (κ3) is 8.71. The van der Waals surface area contributed by atoms with Crippen LogP contribution in [0.4, 0.5) is 24.7 Å². The van der Waals surface area contributed by atoms with Crippen LogP contribution in [0.1, 0.15) is 42.5 Å². The van der Waals surface area contributed by atoms with Gasteiger partial charge in [-0.15, -0.1) is 0 Å². The van der Waals surface area contributed by atoms with Gasteiger partial charge in [0.25, 0.3) is 15.9 Å². The van der Waals surface area contributed by atoms with E-state index in [0.717, 1.165) is 51.9 Å². The number of hydrogen-bond acceptors (Lipinski definition) is 8. The topological polar surface area (TPSA) is 150 Å². The minimum Gasteiger partial charge on any atom is -0.497 e. The lowest BCUT2D eigenvalue weighted by Gasteiger charge is -2.30. The molecule has 1 aliphatic carbocycles. The highest BCUT2D eigenvalue weighted by molar-refractivity contribution is 7.92. The summed E-state index contributed by atoms with van der Waals surface area (Å²) in [5, 5.41) is 13.6. The Morgan fingerprint density at radius 1 is 1.12 bits per heavy atom. The van der Waals surface area contributed by atoms with Crippen LogP contribution >= 0.6 is 0 Å². The first-order valence-corrected chi connectivity index (χ1v) is 14.1. The monoisotopic (exact) mass is 587 g/mol. The number of rotatable bonds is 7. The Balaban J connectivity index is 0.000000559. The van der Waals surface area contributed by atoms with Gasteiger partial charge in [0.05, 0.1) is 29.5 Å². The Labute approximate surface area is 230 Å². The number of methoxy groups -OCH3 is 1. The van der Waals surface area contributed by atoms with Crippen LogP contribution in [-0.2, 0) is 14.8 Å². The van der Waals surface area contributed by atoms with Gasteiger partial charge in [0.15, 0.2) is 0 Å². The number of pyridine rings is 1. The SMILES string of the molecule is COc1cccc(S(=O)(=O)Nc2cnc(N3CCNCC3)c(C(=O)NC3CCCCC3)c2)c1.O=C(O)C(F)(F)F. The maximum absolute atomic E-state index is 13.3. The number of aromatic nitrogens is 1. The minimum absolute atomic E-state index is 0.0706. The number of aliphatic carboxylic acids is 1. The van der Waals surface area contributed by atoms with Crippen LogP contribution in [-0.4, -0.2) is 75.9 Å². The number of nitrogens with zero attached hydrogens (tertiary/aromatic N) is 2. The molecular formula is C25H32F3N5O6S. The number of carboxylic acid groups (broad SMARTS) is 1. The fourth-order valence-corrected chi connectivity index (χ4v) is 5.37. The number of nitrogens with one attached hydrogen (secondary N) is 3. The standard InChI is InChI=1S/C23H31N5O4S.C2HF3O2/c1-32-19-8-5-9-20(15-19)33(30,31)27-18-14-21(23(29)26-17-6-3-2-4-7-17)22(25-16-18)28-12-10-24-11-13-28;3-2(4,5)1(6)7/h5,8-9,14-17,24,27H,2-4,6-7,10-13H2,1H3,(H,26,29);(H,6,7). The van der Waals surface area contributed by atoms with Gasteiger partial charge in [-0.05, 0) is 31.0 Å². The van der Waals surface area contributed by atoms with Crippen LogP contribution in [0.15, 0.2) is 41.4 Å². The molecule has 0 spiro atoms. The molecule has 0 bridgehead atoms. The maximum atomic E-state index is 13.3. The molecule has 0 unspecified atom stereocenters. The average molecular weight is 588 g/mol. The lowest BCUT2D eigenvalue weighted by Crippen LogP contribution is -2.45. The first-order valence-electron chi connectivity index (χ1n) is 12.6. The number of carbonyl (C=O) groups excluding carboxylic acids is 1. The number of alkyl halides is 3. The Morgan fingerprint density at radius 3 is 2.38 bits per heavy atom. The van der Waals surface area contributed by atoms with E-state index >= 15 is 0 Å².